The van der Waals surface area contributed by atoms with Gasteiger partial charge in [0.2, 0.25) is 0 Å². The Balaban J connectivity index is 1.40. The van der Waals surface area contributed by atoms with Crippen molar-refractivity contribution >= 4 is 29.2 Å². The van der Waals surface area contributed by atoms with Gasteiger partial charge in [0.05, 0.1) is 39.5 Å². The van der Waals surface area contributed by atoms with Crippen molar-refractivity contribution in [1.82, 2.24) is 0 Å². The van der Waals surface area contributed by atoms with Crippen LogP contribution in [-0.2, 0) is 61.3 Å². The lowest BCUT2D eigenvalue weighted by Gasteiger charge is -2.46. The highest BCUT2D eigenvalue weighted by molar-refractivity contribution is 6.35. The van der Waals surface area contributed by atoms with Crippen molar-refractivity contribution in [2.45, 2.75) is 63.4 Å². The van der Waals surface area contributed by atoms with Crippen molar-refractivity contribution in [2.75, 3.05) is 6.61 Å². The molecule has 0 bridgehead atoms. The molecule has 0 spiro atoms. The van der Waals surface area contributed by atoms with Crippen LogP contribution in [0.25, 0.3) is 0 Å². The second-order valence-corrected chi connectivity index (χ2v) is 13.2. The smallest absolute Gasteiger partial charge is 0.307 e. The molecule has 0 aromatic heterocycles. The largest absolute Gasteiger partial charge is 0.481 e. The number of ether oxygens (including phenoxy) is 5. The molecule has 5 atom stereocenters. The fourth-order valence-corrected chi connectivity index (χ4v) is 6.73. The maximum Gasteiger partial charge on any atom is 0.307 e. The Hall–Kier alpha value is -4.05. The molecule has 1 fully saturated rings. The summed E-state index contributed by atoms with van der Waals surface area (Å²) in [7, 11) is 0. The van der Waals surface area contributed by atoms with Crippen LogP contribution in [0, 0.1) is 0 Å². The number of hydrogen-bond acceptors (Lipinski definition) is 6. The minimum absolute atomic E-state index is 0.175. The predicted octanol–water partition coefficient (Wildman–Crippen LogP) is 9.03. The van der Waals surface area contributed by atoms with E-state index in [2.05, 4.69) is 0 Å². The van der Waals surface area contributed by atoms with Gasteiger partial charge in [-0.15, -0.1) is 0 Å². The van der Waals surface area contributed by atoms with Crippen molar-refractivity contribution in [2.24, 2.45) is 0 Å². The van der Waals surface area contributed by atoms with Gasteiger partial charge in [-0.05, 0) is 39.9 Å². The number of hydrogen-bond donors (Lipinski definition) is 1. The molecular formula is C42H40Cl2O7. The van der Waals surface area contributed by atoms with Gasteiger partial charge in [0.15, 0.2) is 0 Å². The SMILES string of the molecule is O=C(O)Cc1cc(C2OC(COCc3ccccc3)C(OCc3ccccc3)C(OCc3ccccc3)C2OCc2ccccc2)c(Cl)cc1Cl. The van der Waals surface area contributed by atoms with Crippen LogP contribution in [0.4, 0.5) is 0 Å². The zero-order chi connectivity index (χ0) is 35.4. The summed E-state index contributed by atoms with van der Waals surface area (Å²) in [4.78, 5) is 11.8. The summed E-state index contributed by atoms with van der Waals surface area (Å²) >= 11 is 13.4. The molecule has 5 aromatic rings. The van der Waals surface area contributed by atoms with Gasteiger partial charge in [0.1, 0.15) is 30.5 Å². The first kappa shape index (κ1) is 36.7. The lowest BCUT2D eigenvalue weighted by atomic mass is 9.89. The molecule has 5 aromatic carbocycles. The number of benzene rings is 5. The molecule has 0 aliphatic carbocycles. The van der Waals surface area contributed by atoms with E-state index in [0.29, 0.717) is 29.4 Å². The van der Waals surface area contributed by atoms with Gasteiger partial charge in [0, 0.05) is 15.6 Å². The Morgan fingerprint density at radius 2 is 1.04 bits per heavy atom. The second-order valence-electron chi connectivity index (χ2n) is 12.4. The zero-order valence-electron chi connectivity index (χ0n) is 28.0. The van der Waals surface area contributed by atoms with E-state index < -0.39 is 36.5 Å². The molecule has 7 nitrogen and oxygen atoms in total. The number of carbonyl (C=O) groups is 1. The molecule has 0 amide bonds. The van der Waals surface area contributed by atoms with Crippen LogP contribution in [0.2, 0.25) is 10.0 Å². The van der Waals surface area contributed by atoms with E-state index in [1.807, 2.05) is 121 Å². The molecule has 1 saturated heterocycles. The Morgan fingerprint density at radius 3 is 1.53 bits per heavy atom. The van der Waals surface area contributed by atoms with Crippen molar-refractivity contribution in [3.63, 3.8) is 0 Å². The van der Waals surface area contributed by atoms with Crippen molar-refractivity contribution in [3.8, 4) is 0 Å². The highest BCUT2D eigenvalue weighted by Gasteiger charge is 2.49. The number of carboxylic acids is 1. The highest BCUT2D eigenvalue weighted by Crippen LogP contribution is 2.42. The van der Waals surface area contributed by atoms with E-state index in [1.165, 1.54) is 0 Å². The first-order valence-corrected chi connectivity index (χ1v) is 17.6. The third-order valence-electron chi connectivity index (χ3n) is 8.70. The summed E-state index contributed by atoms with van der Waals surface area (Å²) in [5, 5.41) is 10.2. The molecular weight excluding hydrogens is 687 g/mol. The van der Waals surface area contributed by atoms with Gasteiger partial charge < -0.3 is 28.8 Å². The van der Waals surface area contributed by atoms with Gasteiger partial charge in [-0.3, -0.25) is 4.79 Å². The van der Waals surface area contributed by atoms with Crippen molar-refractivity contribution in [3.05, 3.63) is 177 Å². The standard InChI is InChI=1S/C42H40Cl2O7/c43-35-23-36(44)34(21-33(35)22-38(45)46)39-41(49-26-31-17-9-3-10-18-31)42(50-27-32-19-11-4-12-20-32)40(48-25-30-15-7-2-8-16-30)37(51-39)28-47-24-29-13-5-1-6-14-29/h1-21,23,37,39-42H,22,24-28H2,(H,45,46). The Morgan fingerprint density at radius 1 is 0.588 bits per heavy atom. The number of carboxylic acid groups (broad SMARTS) is 1. The molecule has 264 valence electrons. The van der Waals surface area contributed by atoms with E-state index in [9.17, 15) is 9.90 Å². The van der Waals surface area contributed by atoms with Crippen LogP contribution in [0.3, 0.4) is 0 Å². The fourth-order valence-electron chi connectivity index (χ4n) is 6.17. The predicted molar refractivity (Wildman–Crippen MR) is 197 cm³/mol. The molecule has 9 heteroatoms. The summed E-state index contributed by atoms with van der Waals surface area (Å²) in [6, 6.07) is 42.8. The van der Waals surface area contributed by atoms with E-state index >= 15 is 0 Å². The van der Waals surface area contributed by atoms with Gasteiger partial charge in [-0.1, -0.05) is 145 Å². The minimum atomic E-state index is -1.02. The third kappa shape index (κ3) is 10.3. The van der Waals surface area contributed by atoms with Crippen LogP contribution in [0.1, 0.15) is 39.5 Å². The van der Waals surface area contributed by atoms with Crippen molar-refractivity contribution < 1.29 is 33.6 Å². The summed E-state index contributed by atoms with van der Waals surface area (Å²) in [5.74, 6) is -1.02. The van der Waals surface area contributed by atoms with Gasteiger partial charge in [-0.2, -0.15) is 0 Å². The summed E-state index contributed by atoms with van der Waals surface area (Å²) in [5.41, 5.74) is 4.90. The van der Waals surface area contributed by atoms with Crippen LogP contribution in [0.5, 0.6) is 0 Å². The monoisotopic (exact) mass is 726 g/mol. The summed E-state index contributed by atoms with van der Waals surface area (Å²) in [6.07, 6.45) is -3.76. The lowest BCUT2D eigenvalue weighted by molar-refractivity contribution is -0.275. The van der Waals surface area contributed by atoms with Gasteiger partial charge >= 0.3 is 5.97 Å². The molecule has 0 saturated carbocycles. The average Bonchev–Trinajstić information content (AvgIpc) is 3.15. The van der Waals surface area contributed by atoms with Crippen molar-refractivity contribution in [1.29, 1.82) is 0 Å². The number of aliphatic carboxylic acids is 1. The van der Waals surface area contributed by atoms with Gasteiger partial charge in [-0.25, -0.2) is 0 Å². The van der Waals surface area contributed by atoms with Crippen LogP contribution in [0.15, 0.2) is 133 Å². The van der Waals surface area contributed by atoms with E-state index in [1.54, 1.807) is 12.1 Å². The quantitative estimate of drug-likeness (QED) is 0.109. The zero-order valence-corrected chi connectivity index (χ0v) is 29.5. The first-order chi connectivity index (χ1) is 24.9. The summed E-state index contributed by atoms with van der Waals surface area (Å²) in [6.45, 7) is 1.38. The molecule has 1 N–H and O–H groups in total. The van der Waals surface area contributed by atoms with Gasteiger partial charge in [0.25, 0.3) is 0 Å². The van der Waals surface area contributed by atoms with Crippen LogP contribution < -0.4 is 0 Å². The second kappa shape index (κ2) is 18.4. The molecule has 5 unspecified atom stereocenters. The maximum absolute atomic E-state index is 11.8. The lowest BCUT2D eigenvalue weighted by Crippen LogP contribution is -2.58. The third-order valence-corrected chi connectivity index (χ3v) is 9.38. The Kier molecular flexibility index (Phi) is 13.3. The Bertz CT molecular complexity index is 1810. The molecule has 1 aliphatic rings. The Labute approximate surface area is 308 Å². The normalized spacial score (nSPS) is 20.2. The number of halogens is 2. The molecule has 1 heterocycles. The van der Waals surface area contributed by atoms with Crippen LogP contribution in [-0.4, -0.2) is 42.1 Å². The topological polar surface area (TPSA) is 83.5 Å². The number of rotatable bonds is 16. The first-order valence-electron chi connectivity index (χ1n) is 16.9. The average molecular weight is 728 g/mol. The molecule has 1 aliphatic heterocycles. The van der Waals surface area contributed by atoms with Crippen LogP contribution >= 0.6 is 23.2 Å². The molecule has 6 rings (SSSR count). The maximum atomic E-state index is 11.8. The highest BCUT2D eigenvalue weighted by atomic mass is 35.5. The summed E-state index contributed by atoms with van der Waals surface area (Å²) < 4.78 is 33.6. The fraction of sp³-hybridized carbons (Fsp3) is 0.262. The molecule has 51 heavy (non-hydrogen) atoms. The minimum Gasteiger partial charge on any atom is -0.481 e. The van der Waals surface area contributed by atoms with E-state index in [4.69, 9.17) is 46.9 Å². The van der Waals surface area contributed by atoms with E-state index in [-0.39, 0.29) is 31.3 Å². The van der Waals surface area contributed by atoms with E-state index in [0.717, 1.165) is 22.3 Å². The molecule has 0 radical (unpaired) electrons.